The third-order valence-corrected chi connectivity index (χ3v) is 5.19. The van der Waals surface area contributed by atoms with Gasteiger partial charge in [-0.1, -0.05) is 5.16 Å². The van der Waals surface area contributed by atoms with E-state index in [9.17, 15) is 4.79 Å². The Kier molecular flexibility index (Phi) is 4.74. The molecule has 1 atom stereocenters. The number of nitrogens with one attached hydrogen (secondary N) is 1. The van der Waals surface area contributed by atoms with Crippen LogP contribution in [0.3, 0.4) is 0 Å². The molecule has 2 aliphatic rings. The van der Waals surface area contributed by atoms with Crippen molar-refractivity contribution < 1.29 is 14.1 Å². The summed E-state index contributed by atoms with van der Waals surface area (Å²) in [5.74, 6) is 1.14. The third kappa shape index (κ3) is 3.78. The first-order chi connectivity index (χ1) is 12.6. The van der Waals surface area contributed by atoms with Crippen LogP contribution in [0.5, 0.6) is 0 Å². The quantitative estimate of drug-likeness (QED) is 0.880. The van der Waals surface area contributed by atoms with Gasteiger partial charge in [0, 0.05) is 44.6 Å². The first-order valence-electron chi connectivity index (χ1n) is 9.09. The normalized spacial score (nSPS) is 22.1. The fourth-order valence-electron chi connectivity index (χ4n) is 3.77. The monoisotopic (exact) mass is 356 g/mol. The second-order valence-electron chi connectivity index (χ2n) is 7.42. The molecule has 0 radical (unpaired) electrons. The van der Waals surface area contributed by atoms with Crippen molar-refractivity contribution >= 4 is 5.91 Å². The maximum absolute atomic E-state index is 12.1. The van der Waals surface area contributed by atoms with Crippen molar-refractivity contribution in [3.63, 3.8) is 0 Å². The zero-order valence-electron chi connectivity index (χ0n) is 15.0. The van der Waals surface area contributed by atoms with Crippen LogP contribution < -0.4 is 5.32 Å². The Morgan fingerprint density at radius 1 is 1.46 bits per heavy atom. The lowest BCUT2D eigenvalue weighted by atomic mass is 9.83. The minimum Gasteiger partial charge on any atom is -0.372 e. The summed E-state index contributed by atoms with van der Waals surface area (Å²) >= 11 is 0. The SMILES string of the molecule is Cc1cc(CN2CC3(CCC(CNC(=O)c4cccnc4)CO3)C2)no1. The van der Waals surface area contributed by atoms with Crippen molar-refractivity contribution in [1.29, 1.82) is 0 Å². The predicted molar refractivity (Wildman–Crippen MR) is 94.5 cm³/mol. The molecule has 2 saturated heterocycles. The number of aromatic nitrogens is 2. The van der Waals surface area contributed by atoms with Crippen LogP contribution in [0, 0.1) is 12.8 Å². The van der Waals surface area contributed by atoms with Gasteiger partial charge in [0.05, 0.1) is 23.5 Å². The molecule has 1 unspecified atom stereocenters. The summed E-state index contributed by atoms with van der Waals surface area (Å²) in [5, 5.41) is 7.03. The van der Waals surface area contributed by atoms with E-state index in [1.807, 2.05) is 13.0 Å². The number of carbonyl (C=O) groups excluding carboxylic acids is 1. The van der Waals surface area contributed by atoms with Gasteiger partial charge in [-0.3, -0.25) is 14.7 Å². The number of rotatable bonds is 5. The molecule has 0 bridgehead atoms. The van der Waals surface area contributed by atoms with E-state index in [1.165, 1.54) is 0 Å². The summed E-state index contributed by atoms with van der Waals surface area (Å²) in [5.41, 5.74) is 1.56. The van der Waals surface area contributed by atoms with E-state index in [1.54, 1.807) is 24.5 Å². The number of ether oxygens (including phenoxy) is 1. The van der Waals surface area contributed by atoms with Crippen LogP contribution in [0.4, 0.5) is 0 Å². The van der Waals surface area contributed by atoms with Crippen molar-refractivity contribution in [3.05, 3.63) is 47.6 Å². The van der Waals surface area contributed by atoms with Crippen molar-refractivity contribution in [2.45, 2.75) is 31.9 Å². The number of aryl methyl sites for hydroxylation is 1. The van der Waals surface area contributed by atoms with E-state index in [2.05, 4.69) is 20.4 Å². The molecule has 4 rings (SSSR count). The van der Waals surface area contributed by atoms with E-state index in [0.717, 1.165) is 43.9 Å². The van der Waals surface area contributed by atoms with Crippen molar-refractivity contribution in [2.75, 3.05) is 26.2 Å². The van der Waals surface area contributed by atoms with Gasteiger partial charge in [0.25, 0.3) is 5.91 Å². The Hall–Kier alpha value is -2.25. The molecule has 0 aromatic carbocycles. The van der Waals surface area contributed by atoms with E-state index >= 15 is 0 Å². The Morgan fingerprint density at radius 2 is 2.35 bits per heavy atom. The second kappa shape index (κ2) is 7.17. The average molecular weight is 356 g/mol. The third-order valence-electron chi connectivity index (χ3n) is 5.19. The molecule has 138 valence electrons. The summed E-state index contributed by atoms with van der Waals surface area (Å²) in [6.07, 6.45) is 5.36. The van der Waals surface area contributed by atoms with Gasteiger partial charge in [0.1, 0.15) is 5.76 Å². The number of nitrogens with zero attached hydrogens (tertiary/aromatic N) is 3. The molecule has 1 amide bonds. The summed E-state index contributed by atoms with van der Waals surface area (Å²) < 4.78 is 11.3. The standard InChI is InChI=1S/C19H24N4O3/c1-14-7-17(22-26-14)10-23-12-19(13-23)5-4-15(11-25-19)8-21-18(24)16-3-2-6-20-9-16/h2-3,6-7,9,15H,4-5,8,10-13H2,1H3,(H,21,24). The van der Waals surface area contributed by atoms with Crippen molar-refractivity contribution in [1.82, 2.24) is 20.4 Å². The molecule has 7 heteroatoms. The molecule has 1 spiro atoms. The van der Waals surface area contributed by atoms with Gasteiger partial charge < -0.3 is 14.6 Å². The smallest absolute Gasteiger partial charge is 0.252 e. The van der Waals surface area contributed by atoms with Gasteiger partial charge in [-0.25, -0.2) is 0 Å². The maximum atomic E-state index is 12.1. The molecule has 7 nitrogen and oxygen atoms in total. The van der Waals surface area contributed by atoms with Gasteiger partial charge in [-0.15, -0.1) is 0 Å². The number of pyridine rings is 1. The summed E-state index contributed by atoms with van der Waals surface area (Å²) in [6, 6.07) is 5.52. The van der Waals surface area contributed by atoms with Crippen LogP contribution in [0.2, 0.25) is 0 Å². The maximum Gasteiger partial charge on any atom is 0.252 e. The number of hydrogen-bond acceptors (Lipinski definition) is 6. The number of carbonyl (C=O) groups is 1. The predicted octanol–water partition coefficient (Wildman–Crippen LogP) is 1.79. The Bertz CT molecular complexity index is 745. The zero-order valence-corrected chi connectivity index (χ0v) is 15.0. The molecule has 2 aliphatic heterocycles. The lowest BCUT2D eigenvalue weighted by Gasteiger charge is -2.52. The van der Waals surface area contributed by atoms with Gasteiger partial charge in [0.2, 0.25) is 0 Å². The number of hydrogen-bond donors (Lipinski definition) is 1. The number of amides is 1. The molecule has 2 aromatic heterocycles. The second-order valence-corrected chi connectivity index (χ2v) is 7.42. The average Bonchev–Trinajstić information content (AvgIpc) is 3.05. The topological polar surface area (TPSA) is 80.5 Å². The molecule has 0 aliphatic carbocycles. The molecule has 0 saturated carbocycles. The minimum atomic E-state index is -0.0730. The molecular formula is C19H24N4O3. The molecular weight excluding hydrogens is 332 g/mol. The van der Waals surface area contributed by atoms with E-state index in [4.69, 9.17) is 9.26 Å². The van der Waals surface area contributed by atoms with Gasteiger partial charge in [0.15, 0.2) is 0 Å². The summed E-state index contributed by atoms with van der Waals surface area (Å²) in [7, 11) is 0. The minimum absolute atomic E-state index is 0.0113. The van der Waals surface area contributed by atoms with Crippen LogP contribution in [0.25, 0.3) is 0 Å². The van der Waals surface area contributed by atoms with Gasteiger partial charge in [-0.2, -0.15) is 0 Å². The van der Waals surface area contributed by atoms with E-state index in [-0.39, 0.29) is 11.5 Å². The highest BCUT2D eigenvalue weighted by Gasteiger charge is 2.46. The Morgan fingerprint density at radius 3 is 3.00 bits per heavy atom. The van der Waals surface area contributed by atoms with E-state index < -0.39 is 0 Å². The lowest BCUT2D eigenvalue weighted by Crippen LogP contribution is -2.64. The highest BCUT2D eigenvalue weighted by Crippen LogP contribution is 2.36. The highest BCUT2D eigenvalue weighted by atomic mass is 16.5. The van der Waals surface area contributed by atoms with Gasteiger partial charge >= 0.3 is 0 Å². The zero-order chi connectivity index (χ0) is 18.0. The Labute approximate surface area is 152 Å². The molecule has 2 aromatic rings. The van der Waals surface area contributed by atoms with Crippen LogP contribution in [0.15, 0.2) is 35.1 Å². The fraction of sp³-hybridized carbons (Fsp3) is 0.526. The molecule has 4 heterocycles. The lowest BCUT2D eigenvalue weighted by molar-refractivity contribution is -0.181. The molecule has 1 N–H and O–H groups in total. The first-order valence-corrected chi connectivity index (χ1v) is 9.09. The Balaban J connectivity index is 1.18. The van der Waals surface area contributed by atoms with Crippen LogP contribution in [0.1, 0.15) is 34.7 Å². The van der Waals surface area contributed by atoms with Crippen LogP contribution >= 0.6 is 0 Å². The first kappa shape index (κ1) is 17.2. The summed E-state index contributed by atoms with van der Waals surface area (Å²) in [4.78, 5) is 18.4. The summed E-state index contributed by atoms with van der Waals surface area (Å²) in [6.45, 7) is 5.94. The molecule has 2 fully saturated rings. The van der Waals surface area contributed by atoms with Crippen molar-refractivity contribution in [3.8, 4) is 0 Å². The largest absolute Gasteiger partial charge is 0.372 e. The highest BCUT2D eigenvalue weighted by molar-refractivity contribution is 5.93. The van der Waals surface area contributed by atoms with Crippen LogP contribution in [-0.2, 0) is 11.3 Å². The number of likely N-dealkylation sites (tertiary alicyclic amines) is 1. The van der Waals surface area contributed by atoms with Crippen molar-refractivity contribution in [2.24, 2.45) is 5.92 Å². The molecule has 26 heavy (non-hydrogen) atoms. The fourth-order valence-corrected chi connectivity index (χ4v) is 3.77. The van der Waals surface area contributed by atoms with Gasteiger partial charge in [-0.05, 0) is 37.8 Å². The van der Waals surface area contributed by atoms with E-state index in [0.29, 0.717) is 24.6 Å². The van der Waals surface area contributed by atoms with Crippen LogP contribution in [-0.4, -0.2) is 52.8 Å².